The number of hydrogen-bond acceptors (Lipinski definition) is 6. The molecule has 0 aliphatic carbocycles. The molecule has 1 fully saturated rings. The van der Waals surface area contributed by atoms with Crippen LogP contribution in [0.2, 0.25) is 19.6 Å². The molecule has 0 radical (unpaired) electrons. The van der Waals surface area contributed by atoms with Crippen molar-refractivity contribution in [2.75, 3.05) is 33.1 Å². The number of nitrogens with zero attached hydrogens (tertiary/aromatic N) is 3. The number of halogens is 3. The van der Waals surface area contributed by atoms with Crippen LogP contribution in [0.25, 0.3) is 0 Å². The molecule has 7 nitrogen and oxygen atoms in total. The van der Waals surface area contributed by atoms with Gasteiger partial charge in [-0.3, -0.25) is 19.9 Å². The molecule has 1 aliphatic heterocycles. The molecule has 0 unspecified atom stereocenters. The summed E-state index contributed by atoms with van der Waals surface area (Å²) in [4.78, 5) is 15.5. The first-order valence-corrected chi connectivity index (χ1v) is 17.5. The minimum absolute atomic E-state index is 0.247. The van der Waals surface area contributed by atoms with Crippen LogP contribution in [0.1, 0.15) is 22.6 Å². The molecule has 3 aromatic rings. The number of rotatable bonds is 11. The van der Waals surface area contributed by atoms with Crippen molar-refractivity contribution in [1.29, 1.82) is 0 Å². The lowest BCUT2D eigenvalue weighted by Crippen LogP contribution is -2.40. The van der Waals surface area contributed by atoms with Crippen LogP contribution in [0.5, 0.6) is 5.75 Å². The van der Waals surface area contributed by atoms with Crippen LogP contribution >= 0.6 is 0 Å². The van der Waals surface area contributed by atoms with Gasteiger partial charge in [0.15, 0.2) is 0 Å². The van der Waals surface area contributed by atoms with Gasteiger partial charge in [0, 0.05) is 31.7 Å². The fraction of sp³-hybridized carbons (Fsp3) is 0.419. The molecule has 0 spiro atoms. The van der Waals surface area contributed by atoms with Crippen molar-refractivity contribution in [2.45, 2.75) is 51.1 Å². The molecule has 0 aromatic heterocycles. The number of alkyl halides is 3. The Morgan fingerprint density at radius 2 is 1.57 bits per heavy atom. The van der Waals surface area contributed by atoms with Crippen molar-refractivity contribution in [1.82, 2.24) is 9.80 Å². The summed E-state index contributed by atoms with van der Waals surface area (Å²) in [6, 6.07) is 24.7. The van der Waals surface area contributed by atoms with E-state index in [0.717, 1.165) is 18.8 Å². The number of nitro groups is 1. The normalized spacial score (nSPS) is 17.5. The highest BCUT2D eigenvalue weighted by molar-refractivity contribution is 6.76. The highest BCUT2D eigenvalue weighted by Crippen LogP contribution is 2.33. The zero-order valence-corrected chi connectivity index (χ0v) is 25.6. The van der Waals surface area contributed by atoms with Crippen molar-refractivity contribution < 1.29 is 27.6 Å². The molecule has 0 amide bonds. The SMILES string of the molecule is COCN(Cc1ccccc1)C[Si](C)(C)C.O=[N+]([O-])[C@@H]1CN(Cc2ccccc2)C[C@H]1c1cccc(OC(F)(F)F)c1. The monoisotopic (exact) mass is 603 g/mol. The third-order valence-corrected chi connectivity index (χ3v) is 8.06. The minimum atomic E-state index is -4.80. The summed E-state index contributed by atoms with van der Waals surface area (Å²) in [7, 11) is 0.701. The highest BCUT2D eigenvalue weighted by Gasteiger charge is 2.42. The third kappa shape index (κ3) is 11.6. The van der Waals surface area contributed by atoms with E-state index in [-0.39, 0.29) is 17.2 Å². The summed E-state index contributed by atoms with van der Waals surface area (Å²) in [5.41, 5.74) is 2.87. The van der Waals surface area contributed by atoms with E-state index in [2.05, 4.69) is 59.6 Å². The predicted molar refractivity (Wildman–Crippen MR) is 160 cm³/mol. The standard InChI is InChI=1S/C18H17F3N2O3.C13H23NOSi/c19-18(20,21)26-15-8-4-7-14(9-15)16-11-22(12-17(16)23(24)25)10-13-5-2-1-3-6-13;1-15-11-14(12-16(2,3)4)10-13-8-6-5-7-9-13/h1-9,16-17H,10-12H2;5-9H,10-12H2,1-4H3/t16-,17+;/m0./s1. The summed E-state index contributed by atoms with van der Waals surface area (Å²) >= 11 is 0. The van der Waals surface area contributed by atoms with E-state index in [4.69, 9.17) is 4.74 Å². The van der Waals surface area contributed by atoms with Crippen molar-refractivity contribution in [3.8, 4) is 5.75 Å². The molecule has 3 aromatic carbocycles. The lowest BCUT2D eigenvalue weighted by molar-refractivity contribution is -0.521. The highest BCUT2D eigenvalue weighted by atomic mass is 28.3. The van der Waals surface area contributed by atoms with Gasteiger partial charge in [0.1, 0.15) is 5.75 Å². The molecule has 0 bridgehead atoms. The Hall–Kier alpha value is -3.25. The average Bonchev–Trinajstić information content (AvgIpc) is 3.33. The molecular weight excluding hydrogens is 563 g/mol. The van der Waals surface area contributed by atoms with Gasteiger partial charge in [0.2, 0.25) is 6.04 Å². The number of hydrogen-bond donors (Lipinski definition) is 0. The van der Waals surface area contributed by atoms with Gasteiger partial charge in [-0.25, -0.2) is 0 Å². The summed E-state index contributed by atoms with van der Waals surface area (Å²) in [5, 5.41) is 11.5. The first kappa shape index (κ1) is 33.3. The van der Waals surface area contributed by atoms with Crippen molar-refractivity contribution in [2.24, 2.45) is 0 Å². The Labute approximate surface area is 247 Å². The fourth-order valence-electron chi connectivity index (χ4n) is 5.16. The van der Waals surface area contributed by atoms with Gasteiger partial charge >= 0.3 is 6.36 Å². The van der Waals surface area contributed by atoms with Crippen LogP contribution in [0.4, 0.5) is 13.2 Å². The zero-order chi connectivity index (χ0) is 30.8. The fourth-order valence-corrected chi connectivity index (χ4v) is 6.71. The molecule has 11 heteroatoms. The van der Waals surface area contributed by atoms with E-state index in [9.17, 15) is 23.3 Å². The molecule has 228 valence electrons. The Bertz CT molecular complexity index is 1240. The maximum absolute atomic E-state index is 12.4. The lowest BCUT2D eigenvalue weighted by atomic mass is 9.94. The Morgan fingerprint density at radius 3 is 2.12 bits per heavy atom. The van der Waals surface area contributed by atoms with E-state index in [1.165, 1.54) is 29.9 Å². The minimum Gasteiger partial charge on any atom is -0.406 e. The van der Waals surface area contributed by atoms with E-state index in [1.54, 1.807) is 13.2 Å². The molecule has 0 N–H and O–H groups in total. The van der Waals surface area contributed by atoms with Gasteiger partial charge in [0.25, 0.3) is 0 Å². The second kappa shape index (κ2) is 15.3. The van der Waals surface area contributed by atoms with Crippen LogP contribution < -0.4 is 4.74 Å². The van der Waals surface area contributed by atoms with Crippen molar-refractivity contribution >= 4 is 8.07 Å². The van der Waals surface area contributed by atoms with Gasteiger partial charge in [-0.2, -0.15) is 0 Å². The summed E-state index contributed by atoms with van der Waals surface area (Å²) < 4.78 is 46.5. The molecule has 2 atom stereocenters. The lowest BCUT2D eigenvalue weighted by Gasteiger charge is -2.28. The second-order valence-electron chi connectivity index (χ2n) is 11.7. The number of methoxy groups -OCH3 is 1. The maximum atomic E-state index is 12.4. The number of benzene rings is 3. The van der Waals surface area contributed by atoms with Crippen molar-refractivity contribution in [3.05, 3.63) is 112 Å². The van der Waals surface area contributed by atoms with Gasteiger partial charge in [-0.15, -0.1) is 13.2 Å². The van der Waals surface area contributed by atoms with Crippen LogP contribution in [0.15, 0.2) is 84.9 Å². The summed E-state index contributed by atoms with van der Waals surface area (Å²) in [6.07, 6.45) is -3.62. The van der Waals surface area contributed by atoms with Crippen LogP contribution in [0, 0.1) is 10.1 Å². The van der Waals surface area contributed by atoms with E-state index >= 15 is 0 Å². The van der Waals surface area contributed by atoms with E-state index < -0.39 is 26.4 Å². The molecule has 1 heterocycles. The third-order valence-electron chi connectivity index (χ3n) is 6.66. The smallest absolute Gasteiger partial charge is 0.406 e. The van der Waals surface area contributed by atoms with Crippen LogP contribution in [0.3, 0.4) is 0 Å². The predicted octanol–water partition coefficient (Wildman–Crippen LogP) is 6.80. The molecule has 4 rings (SSSR count). The zero-order valence-electron chi connectivity index (χ0n) is 24.6. The topological polar surface area (TPSA) is 68.1 Å². The molecule has 42 heavy (non-hydrogen) atoms. The molecular formula is C31H40F3N3O4Si. The summed E-state index contributed by atoms with van der Waals surface area (Å²) in [6.45, 7) is 10.1. The van der Waals surface area contributed by atoms with Gasteiger partial charge < -0.3 is 9.47 Å². The molecule has 0 saturated carbocycles. The Kier molecular flexibility index (Phi) is 12.1. The molecule has 1 saturated heterocycles. The van der Waals surface area contributed by atoms with Crippen LogP contribution in [-0.4, -0.2) is 68.3 Å². The average molecular weight is 604 g/mol. The Balaban J connectivity index is 0.000000260. The summed E-state index contributed by atoms with van der Waals surface area (Å²) in [5.74, 6) is -0.857. The second-order valence-corrected chi connectivity index (χ2v) is 17.1. The maximum Gasteiger partial charge on any atom is 0.573 e. The van der Waals surface area contributed by atoms with Gasteiger partial charge in [-0.05, 0) is 35.0 Å². The van der Waals surface area contributed by atoms with E-state index in [0.29, 0.717) is 18.7 Å². The first-order valence-electron chi connectivity index (χ1n) is 13.8. The van der Waals surface area contributed by atoms with Crippen molar-refractivity contribution in [3.63, 3.8) is 0 Å². The largest absolute Gasteiger partial charge is 0.573 e. The molecule has 1 aliphatic rings. The first-order chi connectivity index (χ1) is 19.8. The van der Waals surface area contributed by atoms with Gasteiger partial charge in [-0.1, -0.05) is 92.4 Å². The number of ether oxygens (including phenoxy) is 2. The van der Waals surface area contributed by atoms with Gasteiger partial charge in [0.05, 0.1) is 27.3 Å². The number of likely N-dealkylation sites (tertiary alicyclic amines) is 1. The Morgan fingerprint density at radius 1 is 0.952 bits per heavy atom. The quantitative estimate of drug-likeness (QED) is 0.104. The van der Waals surface area contributed by atoms with Crippen LogP contribution in [-0.2, 0) is 17.8 Å². The van der Waals surface area contributed by atoms with E-state index in [1.807, 2.05) is 35.2 Å².